The highest BCUT2D eigenvalue weighted by Gasteiger charge is 2.46. The Hall–Kier alpha value is -2.97. The van der Waals surface area contributed by atoms with Crippen LogP contribution in [-0.2, 0) is 16.1 Å². The van der Waals surface area contributed by atoms with Gasteiger partial charge in [-0.2, -0.15) is 0 Å². The first kappa shape index (κ1) is 19.8. The normalized spacial score (nSPS) is 15.4. The van der Waals surface area contributed by atoms with E-state index in [0.29, 0.717) is 10.6 Å². The molecule has 0 saturated carbocycles. The van der Waals surface area contributed by atoms with Crippen molar-refractivity contribution in [3.63, 3.8) is 0 Å². The number of nitrogens with zero attached hydrogens (tertiary/aromatic N) is 2. The quantitative estimate of drug-likeness (QED) is 0.582. The largest absolute Gasteiger partial charge is 0.497 e. The van der Waals surface area contributed by atoms with Gasteiger partial charge >= 0.3 is 17.8 Å². The van der Waals surface area contributed by atoms with Crippen molar-refractivity contribution in [2.24, 2.45) is 0 Å². The van der Waals surface area contributed by atoms with Crippen LogP contribution in [0.15, 0.2) is 42.5 Å². The molecule has 1 fully saturated rings. The Bertz CT molecular complexity index is 915. The van der Waals surface area contributed by atoms with Gasteiger partial charge in [0.05, 0.1) is 30.4 Å². The van der Waals surface area contributed by atoms with E-state index < -0.39 is 23.7 Å². The van der Waals surface area contributed by atoms with Gasteiger partial charge in [-0.1, -0.05) is 17.7 Å². The number of ether oxygens (including phenoxy) is 1. The van der Waals surface area contributed by atoms with E-state index in [-0.39, 0.29) is 29.5 Å². The summed E-state index contributed by atoms with van der Waals surface area (Å²) in [4.78, 5) is 39.6. The van der Waals surface area contributed by atoms with E-state index in [4.69, 9.17) is 16.3 Å². The van der Waals surface area contributed by atoms with E-state index in [0.717, 1.165) is 9.80 Å². The summed E-state index contributed by atoms with van der Waals surface area (Å²) < 4.78 is 19.0. The van der Waals surface area contributed by atoms with Gasteiger partial charge in [-0.25, -0.2) is 19.0 Å². The lowest BCUT2D eigenvalue weighted by atomic mass is 10.2. The molecule has 9 heteroatoms. The maximum atomic E-state index is 14.0. The van der Waals surface area contributed by atoms with Gasteiger partial charge in [0, 0.05) is 0 Å². The summed E-state index contributed by atoms with van der Waals surface area (Å²) in [5.74, 6) is -1.79. The van der Waals surface area contributed by atoms with Crippen molar-refractivity contribution >= 4 is 35.1 Å². The lowest BCUT2D eigenvalue weighted by molar-refractivity contribution is -0.901. The predicted molar refractivity (Wildman–Crippen MR) is 99.6 cm³/mol. The summed E-state index contributed by atoms with van der Waals surface area (Å²) in [5.41, 5.74) is 0.542. The number of methoxy groups -OCH3 is 1. The van der Waals surface area contributed by atoms with E-state index in [1.165, 1.54) is 31.4 Å². The lowest BCUT2D eigenvalue weighted by Crippen LogP contribution is -3.09. The number of carbonyl (C=O) groups is 3. The van der Waals surface area contributed by atoms with E-state index in [2.05, 4.69) is 0 Å². The molecule has 7 nitrogen and oxygen atoms in total. The zero-order valence-corrected chi connectivity index (χ0v) is 16.0. The summed E-state index contributed by atoms with van der Waals surface area (Å²) >= 11 is 6.03. The minimum atomic E-state index is -0.938. The highest BCUT2D eigenvalue weighted by molar-refractivity contribution is 6.52. The molecule has 1 saturated heterocycles. The molecule has 2 aromatic carbocycles. The molecule has 0 aromatic heterocycles. The summed E-state index contributed by atoms with van der Waals surface area (Å²) in [6.45, 7) is 0.0278. The molecule has 0 radical (unpaired) electrons. The predicted octanol–water partition coefficient (Wildman–Crippen LogP) is 1.46. The Morgan fingerprint density at radius 1 is 1.07 bits per heavy atom. The maximum Gasteiger partial charge on any atom is 0.343 e. The number of hydrogen-bond donors (Lipinski definition) is 1. The number of hydrogen-bond acceptors (Lipinski definition) is 4. The molecule has 3 rings (SSSR count). The van der Waals surface area contributed by atoms with Gasteiger partial charge in [-0.15, -0.1) is 0 Å². The number of benzene rings is 2. The minimum Gasteiger partial charge on any atom is -0.497 e. The first-order valence-corrected chi connectivity index (χ1v) is 8.79. The van der Waals surface area contributed by atoms with E-state index in [9.17, 15) is 18.8 Å². The first-order chi connectivity index (χ1) is 13.3. The Balaban J connectivity index is 1.76. The van der Waals surface area contributed by atoms with Gasteiger partial charge in [0.2, 0.25) is 0 Å². The number of halogens is 2. The van der Waals surface area contributed by atoms with Gasteiger partial charge in [0.25, 0.3) is 0 Å². The molecule has 28 heavy (non-hydrogen) atoms. The molecule has 0 aliphatic carbocycles. The number of anilines is 1. The third-order valence-electron chi connectivity index (χ3n) is 4.35. The van der Waals surface area contributed by atoms with Crippen LogP contribution in [-0.4, -0.2) is 43.6 Å². The van der Waals surface area contributed by atoms with Crippen LogP contribution in [0.5, 0.6) is 5.75 Å². The zero-order chi connectivity index (χ0) is 20.4. The lowest BCUT2D eigenvalue weighted by Gasteiger charge is -2.20. The summed E-state index contributed by atoms with van der Waals surface area (Å²) in [6, 6.07) is 9.79. The van der Waals surface area contributed by atoms with Gasteiger partial charge in [0.1, 0.15) is 18.1 Å². The van der Waals surface area contributed by atoms with Crippen LogP contribution < -0.4 is 14.5 Å². The van der Waals surface area contributed by atoms with Crippen molar-refractivity contribution in [1.82, 2.24) is 4.90 Å². The van der Waals surface area contributed by atoms with Crippen LogP contribution >= 0.6 is 11.6 Å². The second-order valence-electron chi connectivity index (χ2n) is 6.35. The van der Waals surface area contributed by atoms with Crippen LogP contribution in [0, 0.1) is 5.82 Å². The Kier molecular flexibility index (Phi) is 5.62. The summed E-state index contributed by atoms with van der Waals surface area (Å²) in [7, 11) is 3.16. The first-order valence-electron chi connectivity index (χ1n) is 8.41. The standard InChI is InChI=1S/C19H17ClFN3O4/c1-22(10-14-15(20)4-3-5-16(14)21)11-23-17(25)18(26)24(19(23)27)12-6-8-13(28-2)9-7-12/h3-9H,10-11H2,1-2H3/p+1. The fourth-order valence-electron chi connectivity index (χ4n) is 2.93. The molecular weight excluding hydrogens is 389 g/mol. The Labute approximate surface area is 165 Å². The zero-order valence-electron chi connectivity index (χ0n) is 15.2. The number of quaternary nitrogens is 1. The topological polar surface area (TPSA) is 71.4 Å². The molecule has 1 N–H and O–H groups in total. The molecule has 2 aromatic rings. The number of nitrogens with one attached hydrogen (secondary N) is 1. The van der Waals surface area contributed by atoms with E-state index in [1.54, 1.807) is 25.2 Å². The number of imide groups is 2. The SMILES string of the molecule is COc1ccc(N2C(=O)C(=O)N(C[NH+](C)Cc3c(F)cccc3Cl)C2=O)cc1. The van der Waals surface area contributed by atoms with Crippen LogP contribution in [0.1, 0.15) is 5.56 Å². The third-order valence-corrected chi connectivity index (χ3v) is 4.71. The van der Waals surface area contributed by atoms with Crippen molar-refractivity contribution in [1.29, 1.82) is 0 Å². The Morgan fingerprint density at radius 3 is 2.36 bits per heavy atom. The van der Waals surface area contributed by atoms with Gasteiger partial charge in [-0.05, 0) is 36.4 Å². The van der Waals surface area contributed by atoms with Crippen LogP contribution in [0.4, 0.5) is 14.9 Å². The molecule has 1 aliphatic rings. The highest BCUT2D eigenvalue weighted by Crippen LogP contribution is 2.24. The average molecular weight is 407 g/mol. The minimum absolute atomic E-state index is 0.110. The van der Waals surface area contributed by atoms with E-state index in [1.807, 2.05) is 0 Å². The molecule has 1 aliphatic heterocycles. The van der Waals surface area contributed by atoms with Gasteiger partial charge in [0.15, 0.2) is 6.67 Å². The molecule has 1 unspecified atom stereocenters. The van der Waals surface area contributed by atoms with Crippen LogP contribution in [0.3, 0.4) is 0 Å². The molecule has 1 heterocycles. The maximum absolute atomic E-state index is 14.0. The van der Waals surface area contributed by atoms with Crippen molar-refractivity contribution < 1.29 is 28.4 Å². The smallest absolute Gasteiger partial charge is 0.343 e. The number of rotatable bonds is 6. The molecular formula is C19H18ClFN3O4+. The number of urea groups is 1. The van der Waals surface area contributed by atoms with Crippen LogP contribution in [0.2, 0.25) is 5.02 Å². The van der Waals surface area contributed by atoms with Crippen LogP contribution in [0.25, 0.3) is 0 Å². The van der Waals surface area contributed by atoms with Gasteiger partial charge in [-0.3, -0.25) is 9.59 Å². The second-order valence-corrected chi connectivity index (χ2v) is 6.75. The highest BCUT2D eigenvalue weighted by atomic mass is 35.5. The molecule has 0 bridgehead atoms. The summed E-state index contributed by atoms with van der Waals surface area (Å²) in [6.07, 6.45) is 0. The fraction of sp³-hybridized carbons (Fsp3) is 0.211. The summed E-state index contributed by atoms with van der Waals surface area (Å²) in [5, 5.41) is 0.259. The van der Waals surface area contributed by atoms with Crippen molar-refractivity contribution in [3.05, 3.63) is 58.9 Å². The third kappa shape index (κ3) is 3.69. The number of carbonyl (C=O) groups excluding carboxylic acids is 3. The Morgan fingerprint density at radius 2 is 1.75 bits per heavy atom. The molecule has 1 atom stereocenters. The van der Waals surface area contributed by atoms with Gasteiger partial charge < -0.3 is 9.64 Å². The molecule has 146 valence electrons. The van der Waals surface area contributed by atoms with E-state index >= 15 is 0 Å². The van der Waals surface area contributed by atoms with Crippen molar-refractivity contribution in [2.75, 3.05) is 25.7 Å². The van der Waals surface area contributed by atoms with Crippen molar-refractivity contribution in [3.8, 4) is 5.75 Å². The molecule has 0 spiro atoms. The average Bonchev–Trinajstić information content (AvgIpc) is 2.88. The second kappa shape index (κ2) is 7.95. The van der Waals surface area contributed by atoms with Crippen molar-refractivity contribution in [2.45, 2.75) is 6.54 Å². The molecule has 4 amide bonds. The number of amides is 4. The fourth-order valence-corrected chi connectivity index (χ4v) is 3.16. The monoisotopic (exact) mass is 406 g/mol.